The van der Waals surface area contributed by atoms with Crippen LogP contribution in [0, 0.1) is 20.7 Å². The second kappa shape index (κ2) is 7.19. The Morgan fingerprint density at radius 2 is 1.94 bits per heavy atom. The van der Waals surface area contributed by atoms with Crippen LogP contribution in [0.5, 0.6) is 0 Å². The maximum absolute atomic E-state index is 13.2. The Morgan fingerprint density at radius 3 is 2.61 bits per heavy atom. The zero-order valence-corrected chi connectivity index (χ0v) is 18.1. The molecule has 5 amide bonds. The first-order valence-corrected chi connectivity index (χ1v) is 10.7. The third kappa shape index (κ3) is 3.03. The highest BCUT2D eigenvalue weighted by Crippen LogP contribution is 2.42. The van der Waals surface area contributed by atoms with Gasteiger partial charge in [-0.3, -0.25) is 4.79 Å². The van der Waals surface area contributed by atoms with E-state index in [1.165, 1.54) is 24.3 Å². The van der Waals surface area contributed by atoms with Crippen LogP contribution < -0.4 is 10.2 Å². The molecule has 156 valence electrons. The molecule has 31 heavy (non-hydrogen) atoms. The van der Waals surface area contributed by atoms with Crippen LogP contribution in [0.1, 0.15) is 12.0 Å². The number of nitrogens with one attached hydrogen (secondary N) is 1. The van der Waals surface area contributed by atoms with Gasteiger partial charge in [-0.1, -0.05) is 0 Å². The molecule has 3 unspecified atom stereocenters. The van der Waals surface area contributed by atoms with Crippen LogP contribution in [0.25, 0.3) is 0 Å². The molecule has 3 aliphatic heterocycles. The Kier molecular flexibility index (Phi) is 4.58. The minimum atomic E-state index is -0.737. The van der Waals surface area contributed by atoms with E-state index in [2.05, 4.69) is 11.4 Å². The monoisotopic (exact) mass is 531 g/mol. The number of benzene rings is 2. The Morgan fingerprint density at radius 1 is 1.19 bits per heavy atom. The van der Waals surface area contributed by atoms with Gasteiger partial charge in [0.25, 0.3) is 5.91 Å². The van der Waals surface area contributed by atoms with E-state index in [-0.39, 0.29) is 18.0 Å². The lowest BCUT2D eigenvalue weighted by atomic mass is 10.1. The zero-order chi connectivity index (χ0) is 21.9. The first-order valence-electron chi connectivity index (χ1n) is 9.58. The molecule has 10 heteroatoms. The van der Waals surface area contributed by atoms with E-state index in [0.717, 1.165) is 4.90 Å². The highest BCUT2D eigenvalue weighted by atomic mass is 127. The maximum Gasteiger partial charge on any atom is 0.332 e. The van der Waals surface area contributed by atoms with Gasteiger partial charge in [0.05, 0.1) is 23.3 Å². The quantitative estimate of drug-likeness (QED) is 0.476. The number of hydrogen-bond acceptors (Lipinski definition) is 4. The summed E-state index contributed by atoms with van der Waals surface area (Å²) in [6.45, 7) is 0.325. The SMILES string of the molecule is N#Cc1ccc(N2C(=O)C3C4CC(CN4C(=O)Nc4ccc(F)cc4)N3C2=O)cc1I. The molecule has 0 saturated carbocycles. The molecule has 3 saturated heterocycles. The normalized spacial score (nSPS) is 23.9. The van der Waals surface area contributed by atoms with Gasteiger partial charge in [-0.2, -0.15) is 5.26 Å². The molecule has 2 aromatic carbocycles. The van der Waals surface area contributed by atoms with Crippen LogP contribution in [0.15, 0.2) is 42.5 Å². The van der Waals surface area contributed by atoms with Crippen molar-refractivity contribution >= 4 is 51.9 Å². The summed E-state index contributed by atoms with van der Waals surface area (Å²) in [5.41, 5.74) is 1.33. The van der Waals surface area contributed by atoms with Gasteiger partial charge in [0.2, 0.25) is 0 Å². The molecule has 0 radical (unpaired) electrons. The number of carbonyl (C=O) groups excluding carboxylic acids is 3. The summed E-state index contributed by atoms with van der Waals surface area (Å²) in [5, 5.41) is 11.8. The van der Waals surface area contributed by atoms with E-state index in [1.54, 1.807) is 28.0 Å². The fourth-order valence-electron chi connectivity index (χ4n) is 4.59. The van der Waals surface area contributed by atoms with E-state index < -0.39 is 23.9 Å². The van der Waals surface area contributed by atoms with Crippen molar-refractivity contribution in [2.45, 2.75) is 24.5 Å². The molecule has 5 rings (SSSR count). The van der Waals surface area contributed by atoms with Crippen LogP contribution in [-0.2, 0) is 4.79 Å². The van der Waals surface area contributed by atoms with E-state index in [9.17, 15) is 18.8 Å². The van der Waals surface area contributed by atoms with Crippen molar-refractivity contribution in [2.24, 2.45) is 0 Å². The number of rotatable bonds is 2. The first-order chi connectivity index (χ1) is 14.9. The lowest BCUT2D eigenvalue weighted by Crippen LogP contribution is -2.55. The van der Waals surface area contributed by atoms with Gasteiger partial charge >= 0.3 is 12.1 Å². The molecule has 0 spiro atoms. The summed E-state index contributed by atoms with van der Waals surface area (Å²) in [7, 11) is 0. The summed E-state index contributed by atoms with van der Waals surface area (Å²) in [6.07, 6.45) is 0.539. The zero-order valence-electron chi connectivity index (χ0n) is 16.0. The van der Waals surface area contributed by atoms with Gasteiger partial charge in [0.1, 0.15) is 17.9 Å². The van der Waals surface area contributed by atoms with E-state index in [4.69, 9.17) is 5.26 Å². The Bertz CT molecular complexity index is 1160. The molecule has 8 nitrogen and oxygen atoms in total. The topological polar surface area (TPSA) is 96.8 Å². The molecule has 2 bridgehead atoms. The average Bonchev–Trinajstić information content (AvgIpc) is 3.41. The minimum Gasteiger partial charge on any atom is -0.317 e. The van der Waals surface area contributed by atoms with Crippen molar-refractivity contribution in [2.75, 3.05) is 16.8 Å². The van der Waals surface area contributed by atoms with Crippen molar-refractivity contribution in [1.29, 1.82) is 5.26 Å². The van der Waals surface area contributed by atoms with Crippen LogP contribution in [-0.4, -0.2) is 52.4 Å². The number of urea groups is 2. The predicted octanol–water partition coefficient (Wildman–Crippen LogP) is 3.13. The molecular weight excluding hydrogens is 516 g/mol. The summed E-state index contributed by atoms with van der Waals surface area (Å²) >= 11 is 2.00. The van der Waals surface area contributed by atoms with Gasteiger partial charge in [0, 0.05) is 15.8 Å². The van der Waals surface area contributed by atoms with Gasteiger partial charge in [-0.15, -0.1) is 0 Å². The molecule has 1 N–H and O–H groups in total. The molecule has 3 aliphatic rings. The van der Waals surface area contributed by atoms with Crippen LogP contribution in [0.3, 0.4) is 0 Å². The van der Waals surface area contributed by atoms with Gasteiger partial charge in [-0.25, -0.2) is 18.9 Å². The largest absolute Gasteiger partial charge is 0.332 e. The van der Waals surface area contributed by atoms with Crippen molar-refractivity contribution in [3.05, 3.63) is 57.4 Å². The van der Waals surface area contributed by atoms with Crippen molar-refractivity contribution in [3.8, 4) is 6.07 Å². The molecule has 3 fully saturated rings. The minimum absolute atomic E-state index is 0.243. The third-order valence-corrected chi connectivity index (χ3v) is 6.84. The summed E-state index contributed by atoms with van der Waals surface area (Å²) in [5.74, 6) is -0.779. The van der Waals surface area contributed by atoms with Gasteiger partial charge in [-0.05, 0) is 71.5 Å². The number of halogens is 2. The Balaban J connectivity index is 1.38. The third-order valence-electron chi connectivity index (χ3n) is 5.95. The maximum atomic E-state index is 13.2. The summed E-state index contributed by atoms with van der Waals surface area (Å²) < 4.78 is 13.7. The summed E-state index contributed by atoms with van der Waals surface area (Å²) in [6, 6.07) is 10.1. The number of piperazine rings is 1. The van der Waals surface area contributed by atoms with Crippen LogP contribution in [0.2, 0.25) is 0 Å². The van der Waals surface area contributed by atoms with Gasteiger partial charge in [0.15, 0.2) is 0 Å². The molecule has 0 aliphatic carbocycles. The number of likely N-dealkylation sites (tertiary alicyclic amines) is 1. The van der Waals surface area contributed by atoms with Crippen molar-refractivity contribution in [3.63, 3.8) is 0 Å². The van der Waals surface area contributed by atoms with Crippen molar-refractivity contribution in [1.82, 2.24) is 9.80 Å². The lowest BCUT2D eigenvalue weighted by molar-refractivity contribution is -0.120. The Hall–Kier alpha value is -3.20. The fraction of sp³-hybridized carbons (Fsp3) is 0.238. The smallest absolute Gasteiger partial charge is 0.317 e. The number of nitriles is 1. The predicted molar refractivity (Wildman–Crippen MR) is 117 cm³/mol. The Labute approximate surface area is 190 Å². The number of amides is 5. The first kappa shape index (κ1) is 19.7. The second-order valence-corrected chi connectivity index (χ2v) is 8.79. The number of imide groups is 1. The summed E-state index contributed by atoms with van der Waals surface area (Å²) in [4.78, 5) is 43.3. The van der Waals surface area contributed by atoms with Crippen LogP contribution in [0.4, 0.5) is 25.4 Å². The number of anilines is 2. The molecule has 0 aromatic heterocycles. The number of hydrogen-bond donors (Lipinski definition) is 1. The number of carbonyl (C=O) groups is 3. The highest BCUT2D eigenvalue weighted by molar-refractivity contribution is 14.1. The number of fused-ring (bicyclic) bond motifs is 5. The van der Waals surface area contributed by atoms with E-state index in [1.807, 2.05) is 22.6 Å². The molecular formula is C21H15FIN5O3. The van der Waals surface area contributed by atoms with E-state index in [0.29, 0.717) is 33.5 Å². The standard InChI is InChI=1S/C21H15FIN5O3/c22-12-2-4-13(5-3-12)25-20(30)26-10-15-8-17(26)18-19(29)28(21(31)27(15)18)14-6-1-11(9-24)16(23)7-14/h1-7,15,17-18H,8,10H2,(H,25,30). The second-order valence-electron chi connectivity index (χ2n) is 7.63. The molecule has 3 atom stereocenters. The lowest BCUT2D eigenvalue weighted by Gasteiger charge is -2.34. The van der Waals surface area contributed by atoms with Gasteiger partial charge < -0.3 is 15.1 Å². The molecule has 3 heterocycles. The highest BCUT2D eigenvalue weighted by Gasteiger charge is 2.63. The van der Waals surface area contributed by atoms with Crippen molar-refractivity contribution < 1.29 is 18.8 Å². The van der Waals surface area contributed by atoms with Crippen LogP contribution >= 0.6 is 22.6 Å². The number of nitrogens with zero attached hydrogens (tertiary/aromatic N) is 4. The average molecular weight is 531 g/mol. The molecule has 2 aromatic rings. The fourth-order valence-corrected chi connectivity index (χ4v) is 5.21. The van der Waals surface area contributed by atoms with E-state index >= 15 is 0 Å².